The van der Waals surface area contributed by atoms with Crippen LogP contribution in [0.1, 0.15) is 5.56 Å². The van der Waals surface area contributed by atoms with E-state index in [0.717, 1.165) is 0 Å². The van der Waals surface area contributed by atoms with E-state index in [4.69, 9.17) is 34.8 Å². The highest BCUT2D eigenvalue weighted by atomic mass is 35.5. The molecule has 1 aromatic rings. The van der Waals surface area contributed by atoms with E-state index in [9.17, 15) is 4.79 Å². The van der Waals surface area contributed by atoms with Crippen LogP contribution in [0.3, 0.4) is 0 Å². The Morgan fingerprint density at radius 1 is 1.23 bits per heavy atom. The van der Waals surface area contributed by atoms with Crippen molar-refractivity contribution < 1.29 is 9.53 Å². The monoisotopic (exact) mass is 238 g/mol. The van der Waals surface area contributed by atoms with Gasteiger partial charge in [-0.25, -0.2) is 0 Å². The number of ether oxygens (including phenoxy) is 1. The summed E-state index contributed by atoms with van der Waals surface area (Å²) in [5.41, 5.74) is 0.628. The van der Waals surface area contributed by atoms with Crippen LogP contribution in [0.2, 0.25) is 15.1 Å². The van der Waals surface area contributed by atoms with Gasteiger partial charge in [-0.05, 0) is 6.07 Å². The van der Waals surface area contributed by atoms with E-state index in [1.165, 1.54) is 0 Å². The van der Waals surface area contributed by atoms with Gasteiger partial charge in [0, 0.05) is 5.56 Å². The summed E-state index contributed by atoms with van der Waals surface area (Å²) in [5, 5.41) is 0.966. The quantitative estimate of drug-likeness (QED) is 0.597. The van der Waals surface area contributed by atoms with Gasteiger partial charge in [0.2, 0.25) is 0 Å². The third-order valence-corrected chi connectivity index (χ3v) is 2.75. The molecule has 13 heavy (non-hydrogen) atoms. The minimum Gasteiger partial charge on any atom is -0.463 e. The van der Waals surface area contributed by atoms with Gasteiger partial charge in [0.1, 0.15) is 6.61 Å². The van der Waals surface area contributed by atoms with Crippen molar-refractivity contribution in [3.63, 3.8) is 0 Å². The van der Waals surface area contributed by atoms with Gasteiger partial charge in [-0.2, -0.15) is 0 Å². The van der Waals surface area contributed by atoms with Crippen LogP contribution in [-0.4, -0.2) is 6.47 Å². The Morgan fingerprint density at radius 3 is 2.54 bits per heavy atom. The molecule has 1 rings (SSSR count). The molecular formula is C8H5Cl3O2. The van der Waals surface area contributed by atoms with E-state index >= 15 is 0 Å². The van der Waals surface area contributed by atoms with Gasteiger partial charge in [-0.1, -0.05) is 40.9 Å². The van der Waals surface area contributed by atoms with Gasteiger partial charge in [-0.3, -0.25) is 4.79 Å². The zero-order valence-electron chi connectivity index (χ0n) is 6.39. The van der Waals surface area contributed by atoms with Crippen molar-refractivity contribution in [2.24, 2.45) is 0 Å². The molecule has 0 bridgehead atoms. The van der Waals surface area contributed by atoms with Crippen molar-refractivity contribution in [2.75, 3.05) is 0 Å². The zero-order chi connectivity index (χ0) is 9.84. The second-order valence-electron chi connectivity index (χ2n) is 2.24. The van der Waals surface area contributed by atoms with Gasteiger partial charge in [0.25, 0.3) is 6.47 Å². The van der Waals surface area contributed by atoms with E-state index in [1.807, 2.05) is 0 Å². The van der Waals surface area contributed by atoms with Gasteiger partial charge in [0.05, 0.1) is 15.1 Å². The number of hydrogen-bond acceptors (Lipinski definition) is 2. The van der Waals surface area contributed by atoms with Crippen molar-refractivity contribution in [3.05, 3.63) is 32.8 Å². The Balaban J connectivity index is 2.96. The molecule has 0 fully saturated rings. The Morgan fingerprint density at radius 2 is 1.92 bits per heavy atom. The smallest absolute Gasteiger partial charge is 0.293 e. The van der Waals surface area contributed by atoms with Crippen LogP contribution in [-0.2, 0) is 16.1 Å². The Labute approximate surface area is 90.3 Å². The SMILES string of the molecule is O=COCc1ccc(Cl)c(Cl)c1Cl. The zero-order valence-corrected chi connectivity index (χ0v) is 8.66. The maximum absolute atomic E-state index is 9.92. The molecule has 0 saturated carbocycles. The Hall–Kier alpha value is -0.440. The first kappa shape index (κ1) is 10.6. The molecule has 0 saturated heterocycles. The van der Waals surface area contributed by atoms with Crippen LogP contribution in [0.25, 0.3) is 0 Å². The number of carbonyl (C=O) groups is 1. The van der Waals surface area contributed by atoms with Crippen LogP contribution in [0.5, 0.6) is 0 Å². The average molecular weight is 239 g/mol. The topological polar surface area (TPSA) is 26.3 Å². The van der Waals surface area contributed by atoms with E-state index in [1.54, 1.807) is 12.1 Å². The maximum atomic E-state index is 9.92. The van der Waals surface area contributed by atoms with Gasteiger partial charge < -0.3 is 4.74 Å². The van der Waals surface area contributed by atoms with E-state index < -0.39 is 0 Å². The lowest BCUT2D eigenvalue weighted by atomic mass is 10.2. The van der Waals surface area contributed by atoms with Crippen molar-refractivity contribution in [3.8, 4) is 0 Å². The lowest BCUT2D eigenvalue weighted by Crippen LogP contribution is -1.91. The Bertz CT molecular complexity index is 325. The first-order valence-corrected chi connectivity index (χ1v) is 4.48. The minimum absolute atomic E-state index is 0.0965. The van der Waals surface area contributed by atoms with Crippen molar-refractivity contribution in [1.82, 2.24) is 0 Å². The fourth-order valence-electron chi connectivity index (χ4n) is 0.801. The normalized spacial score (nSPS) is 9.77. The molecule has 1 aromatic carbocycles. The summed E-state index contributed by atoms with van der Waals surface area (Å²) in [4.78, 5) is 9.92. The first-order valence-electron chi connectivity index (χ1n) is 3.34. The fraction of sp³-hybridized carbons (Fsp3) is 0.125. The van der Waals surface area contributed by atoms with Crippen molar-refractivity contribution in [1.29, 1.82) is 0 Å². The van der Waals surface area contributed by atoms with E-state index in [-0.39, 0.29) is 11.6 Å². The summed E-state index contributed by atoms with van der Waals surface area (Å²) in [6.07, 6.45) is 0. The summed E-state index contributed by atoms with van der Waals surface area (Å²) in [7, 11) is 0. The van der Waals surface area contributed by atoms with Crippen molar-refractivity contribution >= 4 is 41.3 Å². The number of hydrogen-bond donors (Lipinski definition) is 0. The van der Waals surface area contributed by atoms with Crippen LogP contribution in [0.4, 0.5) is 0 Å². The number of carbonyl (C=O) groups excluding carboxylic acids is 1. The van der Waals surface area contributed by atoms with Crippen LogP contribution in [0.15, 0.2) is 12.1 Å². The Kier molecular flexibility index (Phi) is 3.85. The van der Waals surface area contributed by atoms with Crippen LogP contribution in [0, 0.1) is 0 Å². The highest BCUT2D eigenvalue weighted by Gasteiger charge is 2.08. The largest absolute Gasteiger partial charge is 0.463 e. The molecule has 5 heteroatoms. The molecule has 2 nitrogen and oxygen atoms in total. The number of benzene rings is 1. The summed E-state index contributed by atoms with van der Waals surface area (Å²) >= 11 is 17.3. The third kappa shape index (κ3) is 2.50. The molecule has 0 heterocycles. The standard InChI is InChI=1S/C8H5Cl3O2/c9-6-2-1-5(3-13-4-12)7(10)8(6)11/h1-2,4H,3H2. The molecular weight excluding hydrogens is 234 g/mol. The summed E-state index contributed by atoms with van der Waals surface area (Å²) in [5.74, 6) is 0. The first-order chi connectivity index (χ1) is 6.16. The second kappa shape index (κ2) is 4.70. The predicted octanol–water partition coefficient (Wildman–Crippen LogP) is 3.32. The van der Waals surface area contributed by atoms with Crippen molar-refractivity contribution in [2.45, 2.75) is 6.61 Å². The van der Waals surface area contributed by atoms with Crippen LogP contribution >= 0.6 is 34.8 Å². The molecule has 0 atom stereocenters. The molecule has 0 aromatic heterocycles. The fourth-order valence-corrected chi connectivity index (χ4v) is 1.41. The summed E-state index contributed by atoms with van der Waals surface area (Å²) < 4.78 is 4.53. The predicted molar refractivity (Wildman–Crippen MR) is 52.3 cm³/mol. The van der Waals surface area contributed by atoms with Crippen LogP contribution < -0.4 is 0 Å². The minimum atomic E-state index is 0.0965. The highest BCUT2D eigenvalue weighted by Crippen LogP contribution is 2.32. The van der Waals surface area contributed by atoms with E-state index in [0.29, 0.717) is 22.1 Å². The lowest BCUT2D eigenvalue weighted by Gasteiger charge is -2.05. The second-order valence-corrected chi connectivity index (χ2v) is 3.40. The third-order valence-electron chi connectivity index (χ3n) is 1.42. The summed E-state index contributed by atoms with van der Waals surface area (Å²) in [6.45, 7) is 0.443. The van der Waals surface area contributed by atoms with Gasteiger partial charge in [-0.15, -0.1) is 0 Å². The molecule has 0 unspecified atom stereocenters. The lowest BCUT2D eigenvalue weighted by molar-refractivity contribution is -0.129. The molecule has 0 radical (unpaired) electrons. The number of rotatable bonds is 3. The number of halogens is 3. The maximum Gasteiger partial charge on any atom is 0.293 e. The molecule has 70 valence electrons. The van der Waals surface area contributed by atoms with Gasteiger partial charge in [0.15, 0.2) is 0 Å². The van der Waals surface area contributed by atoms with Gasteiger partial charge >= 0.3 is 0 Å². The molecule has 0 N–H and O–H groups in total. The molecule has 0 aliphatic carbocycles. The van der Waals surface area contributed by atoms with E-state index in [2.05, 4.69) is 4.74 Å². The molecule has 0 aliphatic rings. The molecule has 0 spiro atoms. The molecule has 0 aliphatic heterocycles. The highest BCUT2D eigenvalue weighted by molar-refractivity contribution is 6.48. The molecule has 0 amide bonds. The average Bonchev–Trinajstić information content (AvgIpc) is 2.13. The summed E-state index contributed by atoms with van der Waals surface area (Å²) in [6, 6.07) is 3.25.